The lowest BCUT2D eigenvalue weighted by molar-refractivity contribution is -0.390. The molecule has 1 aromatic carbocycles. The molecule has 2 rings (SSSR count). The lowest BCUT2D eigenvalue weighted by Crippen LogP contribution is -1.98. The van der Waals surface area contributed by atoms with Crippen molar-refractivity contribution in [3.8, 4) is 11.6 Å². The van der Waals surface area contributed by atoms with E-state index in [4.69, 9.17) is 10.5 Å². The Labute approximate surface area is 103 Å². The largest absolute Gasteiger partial charge is 0.433 e. The summed E-state index contributed by atoms with van der Waals surface area (Å²) in [6.07, 6.45) is 1.33. The highest BCUT2D eigenvalue weighted by Gasteiger charge is 2.22. The summed E-state index contributed by atoms with van der Waals surface area (Å²) in [6.45, 7) is 1.81. The van der Waals surface area contributed by atoms with Crippen molar-refractivity contribution in [1.29, 1.82) is 0 Å². The van der Waals surface area contributed by atoms with Gasteiger partial charge in [0.15, 0.2) is 0 Å². The molecule has 1 aromatic heterocycles. The van der Waals surface area contributed by atoms with Gasteiger partial charge in [0.2, 0.25) is 6.33 Å². The Hall–Kier alpha value is -2.57. The fraction of sp³-hybridized carbons (Fsp3) is 0.182. The van der Waals surface area contributed by atoms with Gasteiger partial charge >= 0.3 is 11.7 Å². The number of hydrogen-bond donors (Lipinski definition) is 1. The monoisotopic (exact) mass is 248 g/mol. The van der Waals surface area contributed by atoms with Crippen LogP contribution in [0, 0.1) is 17.0 Å². The van der Waals surface area contributed by atoms with E-state index in [2.05, 4.69) is 4.98 Å². The minimum Gasteiger partial charge on any atom is -0.433 e. The number of benzene rings is 1. The van der Waals surface area contributed by atoms with Crippen LogP contribution in [0.4, 0.5) is 11.5 Å². The van der Waals surface area contributed by atoms with Gasteiger partial charge < -0.3 is 20.6 Å². The molecule has 0 amide bonds. The van der Waals surface area contributed by atoms with Gasteiger partial charge in [-0.2, -0.15) is 0 Å². The Morgan fingerprint density at radius 3 is 2.83 bits per heavy atom. The number of nitrogens with two attached hydrogens (primary N) is 1. The van der Waals surface area contributed by atoms with Crippen molar-refractivity contribution < 1.29 is 9.66 Å². The van der Waals surface area contributed by atoms with E-state index in [-0.39, 0.29) is 11.7 Å². The number of imidazole rings is 1. The Bertz CT molecular complexity index is 606. The number of ether oxygens (including phenoxy) is 1. The second-order valence-electron chi connectivity index (χ2n) is 3.87. The van der Waals surface area contributed by atoms with Crippen LogP contribution in [0.1, 0.15) is 5.56 Å². The molecule has 0 saturated carbocycles. The third kappa shape index (κ3) is 2.10. The second-order valence-corrected chi connectivity index (χ2v) is 3.87. The van der Waals surface area contributed by atoms with Crippen LogP contribution in [0.3, 0.4) is 0 Å². The zero-order valence-electron chi connectivity index (χ0n) is 9.95. The average molecular weight is 248 g/mol. The van der Waals surface area contributed by atoms with E-state index in [1.165, 1.54) is 10.9 Å². The number of nitrogen functional groups attached to an aromatic ring is 1. The number of anilines is 1. The Morgan fingerprint density at radius 1 is 1.50 bits per heavy atom. The normalized spacial score (nSPS) is 10.3. The maximum Gasteiger partial charge on any atom is 0.427 e. The van der Waals surface area contributed by atoms with Gasteiger partial charge in [-0.15, -0.1) is 0 Å². The van der Waals surface area contributed by atoms with Gasteiger partial charge in [0.25, 0.3) is 0 Å². The zero-order chi connectivity index (χ0) is 13.3. The van der Waals surface area contributed by atoms with Crippen LogP contribution < -0.4 is 10.5 Å². The summed E-state index contributed by atoms with van der Waals surface area (Å²) in [6, 6.07) is 5.07. The first-order valence-corrected chi connectivity index (χ1v) is 5.18. The van der Waals surface area contributed by atoms with Crippen LogP contribution in [0.5, 0.6) is 11.6 Å². The summed E-state index contributed by atoms with van der Waals surface area (Å²) >= 11 is 0. The van der Waals surface area contributed by atoms with Gasteiger partial charge in [-0.05, 0) is 40.6 Å². The van der Waals surface area contributed by atoms with Crippen LogP contribution >= 0.6 is 0 Å². The fourth-order valence-corrected chi connectivity index (χ4v) is 1.54. The highest BCUT2D eigenvalue weighted by Crippen LogP contribution is 2.31. The molecule has 0 radical (unpaired) electrons. The lowest BCUT2D eigenvalue weighted by Gasteiger charge is -2.08. The van der Waals surface area contributed by atoms with Crippen molar-refractivity contribution >= 4 is 11.5 Å². The molecule has 94 valence electrons. The molecule has 0 saturated heterocycles. The average Bonchev–Trinajstić information content (AvgIpc) is 2.64. The van der Waals surface area contributed by atoms with Crippen LogP contribution in [-0.4, -0.2) is 14.5 Å². The Morgan fingerprint density at radius 2 is 2.22 bits per heavy atom. The third-order valence-corrected chi connectivity index (χ3v) is 2.44. The van der Waals surface area contributed by atoms with Gasteiger partial charge in [-0.25, -0.2) is 0 Å². The van der Waals surface area contributed by atoms with Gasteiger partial charge in [-0.1, -0.05) is 0 Å². The number of hydrogen-bond acceptors (Lipinski definition) is 5. The first kappa shape index (κ1) is 11.9. The number of nitro groups is 1. The van der Waals surface area contributed by atoms with Crippen LogP contribution in [0.2, 0.25) is 0 Å². The molecule has 0 unspecified atom stereocenters. The maximum absolute atomic E-state index is 10.8. The van der Waals surface area contributed by atoms with Crippen molar-refractivity contribution in [3.63, 3.8) is 0 Å². The zero-order valence-corrected chi connectivity index (χ0v) is 9.95. The van der Waals surface area contributed by atoms with Crippen LogP contribution in [0.15, 0.2) is 24.5 Å². The van der Waals surface area contributed by atoms with Crippen molar-refractivity contribution in [2.75, 3.05) is 5.73 Å². The predicted octanol–water partition coefficient (Wildman–Crippen LogP) is 2.01. The summed E-state index contributed by atoms with van der Waals surface area (Å²) in [5, 5.41) is 10.8. The summed E-state index contributed by atoms with van der Waals surface area (Å²) in [5.41, 5.74) is 7.03. The van der Waals surface area contributed by atoms with Crippen LogP contribution in [-0.2, 0) is 7.05 Å². The van der Waals surface area contributed by atoms with Crippen LogP contribution in [0.25, 0.3) is 0 Å². The Balaban J connectivity index is 2.39. The van der Waals surface area contributed by atoms with Crippen molar-refractivity contribution in [2.45, 2.75) is 6.92 Å². The highest BCUT2D eigenvalue weighted by atomic mass is 16.6. The molecule has 0 bridgehead atoms. The molecular formula is C11H12N4O3. The highest BCUT2D eigenvalue weighted by molar-refractivity contribution is 5.49. The van der Waals surface area contributed by atoms with Gasteiger partial charge in [0.05, 0.1) is 0 Å². The molecule has 18 heavy (non-hydrogen) atoms. The van der Waals surface area contributed by atoms with E-state index < -0.39 is 4.92 Å². The first-order chi connectivity index (χ1) is 8.49. The molecule has 7 nitrogen and oxygen atoms in total. The maximum atomic E-state index is 10.8. The summed E-state index contributed by atoms with van der Waals surface area (Å²) in [5.74, 6) is 0.289. The third-order valence-electron chi connectivity index (χ3n) is 2.44. The van der Waals surface area contributed by atoms with Gasteiger partial charge in [-0.3, -0.25) is 4.57 Å². The molecular weight excluding hydrogens is 236 g/mol. The lowest BCUT2D eigenvalue weighted by atomic mass is 10.2. The van der Waals surface area contributed by atoms with E-state index in [1.54, 1.807) is 25.2 Å². The number of nitrogens with zero attached hydrogens (tertiary/aromatic N) is 3. The molecule has 0 aliphatic heterocycles. The molecule has 0 fully saturated rings. The summed E-state index contributed by atoms with van der Waals surface area (Å²) < 4.78 is 6.98. The molecule has 0 aliphatic rings. The standard InChI is InChI=1S/C11H12N4O3/c1-7-5-8(12)3-4-9(7)18-11-10(15(16)17)13-6-14(11)2/h3-6H,12H2,1-2H3. The van der Waals surface area contributed by atoms with Crippen molar-refractivity contribution in [2.24, 2.45) is 7.05 Å². The van der Waals surface area contributed by atoms with E-state index in [0.29, 0.717) is 11.4 Å². The van der Waals surface area contributed by atoms with E-state index >= 15 is 0 Å². The van der Waals surface area contributed by atoms with E-state index in [0.717, 1.165) is 5.56 Å². The minimum absolute atomic E-state index is 0.0906. The van der Waals surface area contributed by atoms with E-state index in [1.807, 2.05) is 6.92 Å². The molecule has 0 aliphatic carbocycles. The Kier molecular flexibility index (Phi) is 2.88. The van der Waals surface area contributed by atoms with Gasteiger partial charge in [0, 0.05) is 12.7 Å². The smallest absolute Gasteiger partial charge is 0.427 e. The molecule has 2 aromatic rings. The fourth-order valence-electron chi connectivity index (χ4n) is 1.54. The van der Waals surface area contributed by atoms with Gasteiger partial charge in [0.1, 0.15) is 5.75 Å². The summed E-state index contributed by atoms with van der Waals surface area (Å²) in [7, 11) is 1.63. The molecule has 1 heterocycles. The van der Waals surface area contributed by atoms with Crippen molar-refractivity contribution in [3.05, 3.63) is 40.2 Å². The quantitative estimate of drug-likeness (QED) is 0.509. The number of rotatable bonds is 3. The SMILES string of the molecule is Cc1cc(N)ccc1Oc1c([N+](=O)[O-])ncn1C. The number of aryl methyl sites for hydroxylation is 2. The minimum atomic E-state index is -0.581. The molecule has 2 N–H and O–H groups in total. The second kappa shape index (κ2) is 4.36. The first-order valence-electron chi connectivity index (χ1n) is 5.18. The molecule has 0 atom stereocenters. The number of aromatic nitrogens is 2. The predicted molar refractivity (Wildman–Crippen MR) is 65.5 cm³/mol. The van der Waals surface area contributed by atoms with E-state index in [9.17, 15) is 10.1 Å². The topological polar surface area (TPSA) is 96.2 Å². The summed E-state index contributed by atoms with van der Waals surface area (Å²) in [4.78, 5) is 13.9. The molecule has 0 spiro atoms. The molecule has 7 heteroatoms. The van der Waals surface area contributed by atoms with Crippen molar-refractivity contribution in [1.82, 2.24) is 9.55 Å².